The standard InChI is InChI=1S/C26H22F3N3O3/c1-14(2)16-5-7-18(8-6-16)23(33)21-22(17-9-11-19(12-10-17)26(27,28)29)32(25(35)24(21)34)20-13-4-15(3)30-31-20/h4-14,21-22H,1-3H3. The van der Waals surface area contributed by atoms with E-state index in [0.717, 1.165) is 22.6 Å². The lowest BCUT2D eigenvalue weighted by atomic mass is 9.85. The lowest BCUT2D eigenvalue weighted by molar-refractivity contribution is -0.137. The SMILES string of the molecule is Cc1ccc(N2C(=O)C(=O)C(C(=O)c3ccc(C(C)C)cc3)C2c2ccc(C(F)(F)F)cc2)nn1. The van der Waals surface area contributed by atoms with Crippen LogP contribution in [0.3, 0.4) is 0 Å². The summed E-state index contributed by atoms with van der Waals surface area (Å²) in [6.07, 6.45) is -4.56. The minimum absolute atomic E-state index is 0.0318. The molecule has 1 aliphatic rings. The Bertz CT molecular complexity index is 1270. The Hall–Kier alpha value is -3.88. The smallest absolute Gasteiger partial charge is 0.293 e. The molecule has 2 aromatic carbocycles. The second-order valence-electron chi connectivity index (χ2n) is 8.76. The molecule has 3 aromatic rings. The van der Waals surface area contributed by atoms with Crippen molar-refractivity contribution in [1.29, 1.82) is 0 Å². The Kier molecular flexibility index (Phi) is 6.27. The number of hydrogen-bond donors (Lipinski definition) is 0. The molecule has 0 aliphatic carbocycles. The van der Waals surface area contributed by atoms with Crippen molar-refractivity contribution in [2.45, 2.75) is 38.9 Å². The molecular weight excluding hydrogens is 459 g/mol. The predicted molar refractivity (Wildman–Crippen MR) is 122 cm³/mol. The summed E-state index contributed by atoms with van der Waals surface area (Å²) in [5.41, 5.74) is 1.11. The lowest BCUT2D eigenvalue weighted by Crippen LogP contribution is -2.31. The largest absolute Gasteiger partial charge is 0.416 e. The number of aromatic nitrogens is 2. The van der Waals surface area contributed by atoms with Gasteiger partial charge in [-0.15, -0.1) is 5.10 Å². The molecule has 1 fully saturated rings. The van der Waals surface area contributed by atoms with Crippen molar-refractivity contribution in [1.82, 2.24) is 10.2 Å². The Morgan fingerprint density at radius 2 is 1.54 bits per heavy atom. The average molecular weight is 481 g/mol. The zero-order valence-electron chi connectivity index (χ0n) is 19.2. The molecule has 1 aromatic heterocycles. The number of Topliss-reactive ketones (excluding diaryl/α,β-unsaturated/α-hetero) is 2. The van der Waals surface area contributed by atoms with E-state index in [1.54, 1.807) is 37.3 Å². The maximum atomic E-state index is 13.5. The molecule has 1 aliphatic heterocycles. The van der Waals surface area contributed by atoms with Gasteiger partial charge in [0.05, 0.1) is 17.3 Å². The van der Waals surface area contributed by atoms with E-state index in [-0.39, 0.29) is 22.9 Å². The molecule has 6 nitrogen and oxygen atoms in total. The van der Waals surface area contributed by atoms with Crippen LogP contribution in [-0.2, 0) is 15.8 Å². The third-order valence-electron chi connectivity index (χ3n) is 6.06. The van der Waals surface area contributed by atoms with Crippen LogP contribution in [0.5, 0.6) is 0 Å². The first-order chi connectivity index (χ1) is 16.5. The van der Waals surface area contributed by atoms with E-state index in [4.69, 9.17) is 0 Å². The van der Waals surface area contributed by atoms with Crippen molar-refractivity contribution < 1.29 is 27.6 Å². The van der Waals surface area contributed by atoms with E-state index in [9.17, 15) is 27.6 Å². The van der Waals surface area contributed by atoms with Crippen LogP contribution in [0.1, 0.15) is 58.5 Å². The quantitative estimate of drug-likeness (QED) is 0.288. The zero-order valence-corrected chi connectivity index (χ0v) is 19.2. The number of anilines is 1. The van der Waals surface area contributed by atoms with E-state index >= 15 is 0 Å². The van der Waals surface area contributed by atoms with Gasteiger partial charge >= 0.3 is 6.18 Å². The van der Waals surface area contributed by atoms with Crippen LogP contribution in [0.25, 0.3) is 0 Å². The van der Waals surface area contributed by atoms with Crippen molar-refractivity contribution in [3.8, 4) is 0 Å². The van der Waals surface area contributed by atoms with Crippen molar-refractivity contribution >= 4 is 23.3 Å². The van der Waals surface area contributed by atoms with Gasteiger partial charge in [0.25, 0.3) is 5.91 Å². The summed E-state index contributed by atoms with van der Waals surface area (Å²) in [5.74, 6) is -3.70. The second-order valence-corrected chi connectivity index (χ2v) is 8.76. The van der Waals surface area contributed by atoms with Crippen LogP contribution in [0.15, 0.2) is 60.7 Å². The number of rotatable bonds is 5. The van der Waals surface area contributed by atoms with Gasteiger partial charge in [0, 0.05) is 5.56 Å². The van der Waals surface area contributed by atoms with E-state index in [0.29, 0.717) is 5.69 Å². The van der Waals surface area contributed by atoms with Crippen LogP contribution in [0.4, 0.5) is 19.0 Å². The summed E-state index contributed by atoms with van der Waals surface area (Å²) in [6.45, 7) is 5.68. The van der Waals surface area contributed by atoms with Crippen LogP contribution >= 0.6 is 0 Å². The first kappa shape index (κ1) is 24.3. The summed E-state index contributed by atoms with van der Waals surface area (Å²) in [4.78, 5) is 40.7. The van der Waals surface area contributed by atoms with Gasteiger partial charge in [-0.3, -0.25) is 19.3 Å². The average Bonchev–Trinajstić information content (AvgIpc) is 3.09. The molecule has 1 saturated heterocycles. The topological polar surface area (TPSA) is 80.2 Å². The molecule has 9 heteroatoms. The molecule has 0 saturated carbocycles. The molecule has 2 unspecified atom stereocenters. The first-order valence-electron chi connectivity index (χ1n) is 11.0. The van der Waals surface area contributed by atoms with E-state index in [1.165, 1.54) is 18.2 Å². The molecule has 0 bridgehead atoms. The summed E-state index contributed by atoms with van der Waals surface area (Å²) in [7, 11) is 0. The Morgan fingerprint density at radius 3 is 2.06 bits per heavy atom. The first-order valence-corrected chi connectivity index (χ1v) is 11.0. The summed E-state index contributed by atoms with van der Waals surface area (Å²) in [5, 5.41) is 7.91. The third kappa shape index (κ3) is 4.58. The van der Waals surface area contributed by atoms with Gasteiger partial charge in [0.1, 0.15) is 5.92 Å². The number of benzene rings is 2. The lowest BCUT2D eigenvalue weighted by Gasteiger charge is -2.26. The summed E-state index contributed by atoms with van der Waals surface area (Å²) >= 11 is 0. The Morgan fingerprint density at radius 1 is 0.914 bits per heavy atom. The highest BCUT2D eigenvalue weighted by molar-refractivity contribution is 6.48. The highest BCUT2D eigenvalue weighted by Crippen LogP contribution is 2.41. The zero-order chi connectivity index (χ0) is 25.5. The van der Waals surface area contributed by atoms with E-state index in [1.807, 2.05) is 13.8 Å². The minimum atomic E-state index is -4.56. The van der Waals surface area contributed by atoms with Gasteiger partial charge in [-0.1, -0.05) is 50.2 Å². The highest BCUT2D eigenvalue weighted by Gasteiger charge is 2.53. The fraction of sp³-hybridized carbons (Fsp3) is 0.269. The molecule has 35 heavy (non-hydrogen) atoms. The number of amides is 1. The number of aryl methyl sites for hydroxylation is 1. The second kappa shape index (κ2) is 9.05. The molecule has 180 valence electrons. The molecule has 0 N–H and O–H groups in total. The van der Waals surface area contributed by atoms with Crippen molar-refractivity contribution in [2.75, 3.05) is 4.90 Å². The Labute approximate surface area is 199 Å². The van der Waals surface area contributed by atoms with Crippen molar-refractivity contribution in [3.63, 3.8) is 0 Å². The Balaban J connectivity index is 1.81. The molecule has 1 amide bonds. The number of carbonyl (C=O) groups excluding carboxylic acids is 3. The fourth-order valence-corrected chi connectivity index (χ4v) is 4.12. The number of alkyl halides is 3. The van der Waals surface area contributed by atoms with Gasteiger partial charge in [0.2, 0.25) is 5.78 Å². The monoisotopic (exact) mass is 481 g/mol. The number of halogens is 3. The normalized spacial score (nSPS) is 18.4. The van der Waals surface area contributed by atoms with Crippen molar-refractivity contribution in [3.05, 3.63) is 88.6 Å². The van der Waals surface area contributed by atoms with Crippen LogP contribution < -0.4 is 4.90 Å². The van der Waals surface area contributed by atoms with Gasteiger partial charge < -0.3 is 0 Å². The van der Waals surface area contributed by atoms with Crippen molar-refractivity contribution in [2.24, 2.45) is 5.92 Å². The number of ketones is 2. The van der Waals surface area contributed by atoms with Gasteiger partial charge in [-0.05, 0) is 48.2 Å². The number of hydrogen-bond acceptors (Lipinski definition) is 5. The molecule has 0 radical (unpaired) electrons. The number of carbonyl (C=O) groups is 3. The maximum absolute atomic E-state index is 13.5. The molecule has 0 spiro atoms. The minimum Gasteiger partial charge on any atom is -0.293 e. The molecule has 2 heterocycles. The molecular formula is C26H22F3N3O3. The van der Waals surface area contributed by atoms with Gasteiger partial charge in [-0.2, -0.15) is 18.3 Å². The summed E-state index contributed by atoms with van der Waals surface area (Å²) in [6, 6.07) is 12.7. The third-order valence-corrected chi connectivity index (χ3v) is 6.06. The van der Waals surface area contributed by atoms with E-state index < -0.39 is 41.2 Å². The highest BCUT2D eigenvalue weighted by atomic mass is 19.4. The molecule has 4 rings (SSSR count). The summed E-state index contributed by atoms with van der Waals surface area (Å²) < 4.78 is 39.4. The van der Waals surface area contributed by atoms with Crippen LogP contribution in [0, 0.1) is 12.8 Å². The van der Waals surface area contributed by atoms with Gasteiger partial charge in [-0.25, -0.2) is 0 Å². The van der Waals surface area contributed by atoms with E-state index in [2.05, 4.69) is 10.2 Å². The predicted octanol–water partition coefficient (Wildman–Crippen LogP) is 5.08. The number of nitrogens with zero attached hydrogens (tertiary/aromatic N) is 3. The van der Waals surface area contributed by atoms with Crippen LogP contribution in [0.2, 0.25) is 0 Å². The maximum Gasteiger partial charge on any atom is 0.416 e. The van der Waals surface area contributed by atoms with Gasteiger partial charge in [0.15, 0.2) is 11.6 Å². The van der Waals surface area contributed by atoms with Crippen LogP contribution in [-0.4, -0.2) is 27.7 Å². The molecule has 2 atom stereocenters. The fourth-order valence-electron chi connectivity index (χ4n) is 4.12.